The van der Waals surface area contributed by atoms with E-state index in [9.17, 15) is 71.9 Å². The molecule has 0 saturated carbocycles. The SMILES string of the molecule is CC(=O)Nc1cn(C)c(C(=O)Nc2cc(C(=O)NCCC(=O)Nc3cc(C(=O)Nc4cc(C(=O)Nc5cc(C(=O)NCCCC(=O)Cc6cc(C(=O)Cc7cc(C(=O)Cc8cc(C(=O)CCCC(=O)Cc9cn(C)c(C(=O)Cc%10cc(C(=O)CCCC(=O)CCCCN(C)C)n(C)c%10)n9)n(C)c8)n(C)c7)n(C)c6)n(C)c5)n(C)c4)n(C)c3)n(C)c2)n1. The number of hydrogen-bond donors (Lipinski definition) is 7. The van der Waals surface area contributed by atoms with Gasteiger partial charge in [0.05, 0.1) is 57.6 Å². The second kappa shape index (κ2) is 40.1. The first kappa shape index (κ1) is 89.6. The van der Waals surface area contributed by atoms with Gasteiger partial charge in [0.2, 0.25) is 23.4 Å². The number of nitrogens with one attached hydrogen (secondary N) is 7. The minimum Gasteiger partial charge on any atom is -0.351 e. The summed E-state index contributed by atoms with van der Waals surface area (Å²) in [6.45, 7) is 2.37. The highest BCUT2D eigenvalue weighted by Crippen LogP contribution is 2.25. The van der Waals surface area contributed by atoms with E-state index in [1.165, 1.54) is 61.9 Å². The Morgan fingerprint density at radius 3 is 1.16 bits per heavy atom. The van der Waals surface area contributed by atoms with E-state index in [1.807, 2.05) is 14.1 Å². The molecule has 10 heterocycles. The van der Waals surface area contributed by atoms with Crippen molar-refractivity contribution >= 4 is 116 Å². The Labute approximate surface area is 698 Å². The molecule has 10 aromatic heterocycles. The summed E-state index contributed by atoms with van der Waals surface area (Å²) in [6, 6.07) is 12.6. The van der Waals surface area contributed by atoms with E-state index in [4.69, 9.17) is 0 Å². The van der Waals surface area contributed by atoms with Gasteiger partial charge in [0, 0.05) is 223 Å². The van der Waals surface area contributed by atoms with Crippen LogP contribution in [0, 0.1) is 0 Å². The molecule has 7 amide bonds. The maximum absolute atomic E-state index is 13.8. The van der Waals surface area contributed by atoms with Crippen molar-refractivity contribution < 1.29 is 71.9 Å². The smallest absolute Gasteiger partial charge is 0.291 e. The van der Waals surface area contributed by atoms with Gasteiger partial charge in [0.15, 0.2) is 34.8 Å². The number of amides is 7. The number of rotatable bonds is 45. The first-order valence-electron chi connectivity index (χ1n) is 39.7. The molecule has 35 nitrogen and oxygen atoms in total. The normalized spacial score (nSPS) is 11.3. The van der Waals surface area contributed by atoms with E-state index in [1.54, 1.807) is 172 Å². The molecule has 0 atom stereocenters. The molecule has 121 heavy (non-hydrogen) atoms. The number of nitrogens with zero attached hydrogens (tertiary/aromatic N) is 13. The number of Topliss-reactive ketones (excluding diaryl/α,β-unsaturated/α-hetero) is 8. The average molecular weight is 1660 g/mol. The average Bonchev–Trinajstić information content (AvgIpc) is 1.68. The molecule has 0 aromatic carbocycles. The summed E-state index contributed by atoms with van der Waals surface area (Å²) in [4.78, 5) is 208. The van der Waals surface area contributed by atoms with Crippen molar-refractivity contribution in [2.75, 3.05) is 60.3 Å². The van der Waals surface area contributed by atoms with Crippen LogP contribution >= 0.6 is 0 Å². The molecule has 0 aliphatic carbocycles. The van der Waals surface area contributed by atoms with Crippen LogP contribution in [0.5, 0.6) is 0 Å². The van der Waals surface area contributed by atoms with E-state index in [0.29, 0.717) is 99.2 Å². The summed E-state index contributed by atoms with van der Waals surface area (Å²) in [5.74, 6) is -4.15. The second-order valence-electron chi connectivity index (χ2n) is 31.0. The minimum atomic E-state index is -0.572. The minimum absolute atomic E-state index is 0.00520. The van der Waals surface area contributed by atoms with Crippen molar-refractivity contribution in [2.45, 2.75) is 116 Å². The van der Waals surface area contributed by atoms with E-state index in [2.05, 4.69) is 52.1 Å². The van der Waals surface area contributed by atoms with Gasteiger partial charge in [0.1, 0.15) is 40.1 Å². The maximum Gasteiger partial charge on any atom is 0.291 e. The van der Waals surface area contributed by atoms with E-state index < -0.39 is 35.4 Å². The van der Waals surface area contributed by atoms with Crippen LogP contribution in [0.4, 0.5) is 28.6 Å². The molecule has 0 fully saturated rings. The number of anilines is 5. The fourth-order valence-electron chi connectivity index (χ4n) is 14.5. The quantitative estimate of drug-likeness (QED) is 0.0142. The molecular formula is C86H104N20O15. The molecule has 0 unspecified atom stereocenters. The van der Waals surface area contributed by atoms with E-state index >= 15 is 0 Å². The largest absolute Gasteiger partial charge is 0.351 e. The van der Waals surface area contributed by atoms with Crippen molar-refractivity contribution in [2.24, 2.45) is 70.5 Å². The predicted molar refractivity (Wildman–Crippen MR) is 450 cm³/mol. The van der Waals surface area contributed by atoms with Crippen molar-refractivity contribution in [1.29, 1.82) is 0 Å². The zero-order valence-corrected chi connectivity index (χ0v) is 70.5. The van der Waals surface area contributed by atoms with E-state index in [0.717, 1.165) is 19.4 Å². The lowest BCUT2D eigenvalue weighted by atomic mass is 10.0. The third-order valence-electron chi connectivity index (χ3n) is 20.4. The number of aromatic nitrogens is 12. The monoisotopic (exact) mass is 1660 g/mol. The van der Waals surface area contributed by atoms with Crippen LogP contribution in [0.15, 0.2) is 110 Å². The van der Waals surface area contributed by atoms with Crippen LogP contribution in [0.1, 0.15) is 217 Å². The van der Waals surface area contributed by atoms with Crippen molar-refractivity contribution in [3.63, 3.8) is 0 Å². The van der Waals surface area contributed by atoms with Crippen LogP contribution < -0.4 is 37.2 Å². The molecule has 10 aromatic rings. The van der Waals surface area contributed by atoms with Gasteiger partial charge >= 0.3 is 0 Å². The lowest BCUT2D eigenvalue weighted by Gasteiger charge is -2.08. The first-order valence-corrected chi connectivity index (χ1v) is 39.7. The molecule has 35 heteroatoms. The summed E-state index contributed by atoms with van der Waals surface area (Å²) in [6.07, 6.45) is 20.3. The molecule has 638 valence electrons. The number of aryl methyl sites for hydroxylation is 10. The lowest BCUT2D eigenvalue weighted by molar-refractivity contribution is -0.119. The van der Waals surface area contributed by atoms with Crippen LogP contribution in [0.25, 0.3) is 0 Å². The Morgan fingerprint density at radius 2 is 0.686 bits per heavy atom. The van der Waals surface area contributed by atoms with Gasteiger partial charge < -0.3 is 87.8 Å². The van der Waals surface area contributed by atoms with Gasteiger partial charge in [-0.3, -0.25) is 71.9 Å². The molecule has 10 rings (SSSR count). The zero-order valence-electron chi connectivity index (χ0n) is 70.5. The highest BCUT2D eigenvalue weighted by molar-refractivity contribution is 6.09. The van der Waals surface area contributed by atoms with Crippen LogP contribution in [-0.2, 0) is 127 Å². The highest BCUT2D eigenvalue weighted by atomic mass is 16.2. The lowest BCUT2D eigenvalue weighted by Crippen LogP contribution is -2.28. The number of unbranched alkanes of at least 4 members (excludes halogenated alkanes) is 1. The molecule has 0 aliphatic rings. The Morgan fingerprint density at radius 1 is 0.306 bits per heavy atom. The summed E-state index contributed by atoms with van der Waals surface area (Å²) in [5.41, 5.74) is 6.51. The molecule has 0 spiro atoms. The van der Waals surface area contributed by atoms with Crippen molar-refractivity contribution in [3.05, 3.63) is 196 Å². The predicted octanol–water partition coefficient (Wildman–Crippen LogP) is 7.75. The molecule has 7 N–H and O–H groups in total. The van der Waals surface area contributed by atoms with E-state index in [-0.39, 0.29) is 176 Å². The summed E-state index contributed by atoms with van der Waals surface area (Å²) in [7, 11) is 20.6. The standard InChI is InChI=1S/C86H104N20O15/c1-52(107)89-78-51-106(13)81(95-78)86(121)94-61-40-70(102(9)49-61)83(118)88-27-25-79(116)90-58-38-71(103(10)46-58)84(119)93-60-41-72(104(11)48-60)85(120)92-59-39-69(101(8)47-59)82(117)87-26-18-22-63(109)29-53-30-67(99(6)42-53)75(113)35-55-33-68(100(7)44-55)76(114)34-54-31-65(97(4)43-54)74(112)24-17-21-64(110)37-57-50-105(12)80(91-57)77(115)36-56-32-66(98(5)45-56)73(111)23-16-20-62(108)19-14-15-28-96(2)3/h30-33,38-51H,14-29,34-37H2,1-13H3,(H,87,117)(H,88,118)(H,89,107)(H,90,116)(H,92,120)(H,93,119)(H,94,121). The third-order valence-corrected chi connectivity index (χ3v) is 20.4. The van der Waals surface area contributed by atoms with Gasteiger partial charge in [-0.1, -0.05) is 0 Å². The summed E-state index contributed by atoms with van der Waals surface area (Å²) < 4.78 is 15.7. The summed E-state index contributed by atoms with van der Waals surface area (Å²) >= 11 is 0. The van der Waals surface area contributed by atoms with Crippen molar-refractivity contribution in [3.8, 4) is 0 Å². The zero-order chi connectivity index (χ0) is 87.8. The first-order chi connectivity index (χ1) is 57.4. The van der Waals surface area contributed by atoms with Gasteiger partial charge in [-0.15, -0.1) is 0 Å². The number of carbonyl (C=O) groups is 15. The Hall–Kier alpha value is -13.7. The molecule has 0 aliphatic heterocycles. The number of carbonyl (C=O) groups excluding carboxylic acids is 15. The summed E-state index contributed by atoms with van der Waals surface area (Å²) in [5, 5.41) is 19.0. The number of imidazole rings is 2. The topological polar surface area (TPSA) is 419 Å². The van der Waals surface area contributed by atoms with Crippen molar-refractivity contribution in [1.82, 2.24) is 71.2 Å². The van der Waals surface area contributed by atoms with Gasteiger partial charge in [0.25, 0.3) is 29.5 Å². The van der Waals surface area contributed by atoms with Gasteiger partial charge in [-0.25, -0.2) is 9.97 Å². The molecule has 0 radical (unpaired) electrons. The van der Waals surface area contributed by atoms with Crippen LogP contribution in [-0.4, -0.2) is 182 Å². The second-order valence-corrected chi connectivity index (χ2v) is 31.0. The van der Waals surface area contributed by atoms with Crippen LogP contribution in [0.3, 0.4) is 0 Å². The van der Waals surface area contributed by atoms with Gasteiger partial charge in [-0.05, 0) is 124 Å². The third kappa shape index (κ3) is 24.3. The Kier molecular flexibility index (Phi) is 29.7. The highest BCUT2D eigenvalue weighted by Gasteiger charge is 2.27. The fraction of sp³-hybridized carbons (Fsp3) is 0.384. The molecule has 0 bridgehead atoms. The Balaban J connectivity index is 0.598. The Bertz CT molecular complexity index is 5660. The molecular weight excluding hydrogens is 1550 g/mol. The number of ketones is 8. The van der Waals surface area contributed by atoms with Crippen LogP contribution in [0.2, 0.25) is 0 Å². The number of hydrogen-bond acceptors (Lipinski definition) is 18. The fourth-order valence-corrected chi connectivity index (χ4v) is 14.5. The maximum atomic E-state index is 13.8. The molecule has 0 saturated heterocycles. The van der Waals surface area contributed by atoms with Gasteiger partial charge in [-0.2, -0.15) is 0 Å².